The van der Waals surface area contributed by atoms with Crippen molar-refractivity contribution in [3.05, 3.63) is 5.92 Å². The predicted molar refractivity (Wildman–Crippen MR) is 72.2 cm³/mol. The van der Waals surface area contributed by atoms with Crippen LogP contribution in [0.4, 0.5) is 0 Å². The summed E-state index contributed by atoms with van der Waals surface area (Å²) in [5, 5.41) is 85.1. The van der Waals surface area contributed by atoms with Crippen LogP contribution in [0.15, 0.2) is 0 Å². The van der Waals surface area contributed by atoms with Crippen LogP contribution < -0.4 is 0 Å². The summed E-state index contributed by atoms with van der Waals surface area (Å²) in [5.41, 5.74) is 0. The van der Waals surface area contributed by atoms with Gasteiger partial charge in [-0.2, -0.15) is 0 Å². The molecule has 1 aliphatic carbocycles. The number of aliphatic hydroxyl groups is 9. The van der Waals surface area contributed by atoms with Crippen LogP contribution in [-0.2, 0) is 0 Å². The van der Waals surface area contributed by atoms with Crippen molar-refractivity contribution in [2.75, 3.05) is 13.2 Å². The third kappa shape index (κ3) is 4.28. The Balaban J connectivity index is 2.62. The highest BCUT2D eigenvalue weighted by Gasteiger charge is 2.52. The van der Waals surface area contributed by atoms with E-state index in [-0.39, 0.29) is 12.8 Å². The van der Waals surface area contributed by atoms with Crippen molar-refractivity contribution in [2.24, 2.45) is 5.92 Å². The van der Waals surface area contributed by atoms with E-state index in [0.29, 0.717) is 5.92 Å². The molecular formula is C13H25O9+. The maximum atomic E-state index is 9.91. The van der Waals surface area contributed by atoms with E-state index in [0.717, 1.165) is 0 Å². The first-order valence-corrected chi connectivity index (χ1v) is 7.07. The molecule has 0 heterocycles. The van der Waals surface area contributed by atoms with Crippen LogP contribution in [0.5, 0.6) is 0 Å². The number of hydrogen-bond donors (Lipinski definition) is 9. The minimum Gasteiger partial charge on any atom is -0.394 e. The molecule has 1 fully saturated rings. The summed E-state index contributed by atoms with van der Waals surface area (Å²) in [6.07, 6.45) is -11.2. The lowest BCUT2D eigenvalue weighted by molar-refractivity contribution is -0.140. The van der Waals surface area contributed by atoms with Crippen LogP contribution in [0.3, 0.4) is 0 Å². The van der Waals surface area contributed by atoms with Gasteiger partial charge in [0.1, 0.15) is 61.5 Å². The smallest absolute Gasteiger partial charge is 0.152 e. The Labute approximate surface area is 127 Å². The Morgan fingerprint density at radius 2 is 1.41 bits per heavy atom. The first kappa shape index (κ1) is 19.6. The van der Waals surface area contributed by atoms with E-state index in [9.17, 15) is 40.9 Å². The van der Waals surface area contributed by atoms with Crippen LogP contribution in [0.2, 0.25) is 0 Å². The zero-order chi connectivity index (χ0) is 17.0. The van der Waals surface area contributed by atoms with Gasteiger partial charge >= 0.3 is 0 Å². The van der Waals surface area contributed by atoms with Crippen molar-refractivity contribution >= 4 is 0 Å². The minimum atomic E-state index is -1.90. The van der Waals surface area contributed by atoms with E-state index in [1.54, 1.807) is 0 Å². The molecule has 130 valence electrons. The molecule has 9 heteroatoms. The number of rotatable bonds is 8. The first-order valence-electron chi connectivity index (χ1n) is 7.07. The van der Waals surface area contributed by atoms with Crippen molar-refractivity contribution in [1.29, 1.82) is 0 Å². The zero-order valence-corrected chi connectivity index (χ0v) is 12.0. The summed E-state index contributed by atoms with van der Waals surface area (Å²) in [6, 6.07) is 0. The molecule has 8 atom stereocenters. The fourth-order valence-electron chi connectivity index (χ4n) is 2.68. The lowest BCUT2D eigenvalue weighted by atomic mass is 9.87. The monoisotopic (exact) mass is 325 g/mol. The van der Waals surface area contributed by atoms with Gasteiger partial charge < -0.3 is 46.0 Å². The fourth-order valence-corrected chi connectivity index (χ4v) is 2.68. The fraction of sp³-hybridized carbons (Fsp3) is 0.923. The molecule has 0 amide bonds. The third-order valence-corrected chi connectivity index (χ3v) is 4.15. The molecule has 0 bridgehead atoms. The molecule has 9 N–H and O–H groups in total. The Hall–Kier alpha value is -0.490. The Bertz CT molecular complexity index is 329. The van der Waals surface area contributed by atoms with Crippen molar-refractivity contribution in [3.8, 4) is 0 Å². The minimum absolute atomic E-state index is 0.0358. The SMILES string of the molecule is OC[C@H]1[C+](C[C@@H](O)[C@@H](O)[C@H](O)[C@H](O)[C@@H](O)CO)C[C@@H](O)C1O. The molecular weight excluding hydrogens is 300 g/mol. The summed E-state index contributed by atoms with van der Waals surface area (Å²) in [7, 11) is 0. The third-order valence-electron chi connectivity index (χ3n) is 4.15. The molecule has 0 radical (unpaired) electrons. The van der Waals surface area contributed by atoms with Crippen molar-refractivity contribution in [1.82, 2.24) is 0 Å². The predicted octanol–water partition coefficient (Wildman–Crippen LogP) is -4.52. The Morgan fingerprint density at radius 1 is 0.864 bits per heavy atom. The summed E-state index contributed by atoms with van der Waals surface area (Å²) in [4.78, 5) is 0. The zero-order valence-electron chi connectivity index (χ0n) is 12.0. The van der Waals surface area contributed by atoms with Gasteiger partial charge in [-0.25, -0.2) is 0 Å². The van der Waals surface area contributed by atoms with E-state index in [2.05, 4.69) is 0 Å². The van der Waals surface area contributed by atoms with E-state index in [1.165, 1.54) is 0 Å². The molecule has 0 spiro atoms. The van der Waals surface area contributed by atoms with Crippen LogP contribution in [0.1, 0.15) is 12.8 Å². The van der Waals surface area contributed by atoms with Crippen LogP contribution in [0.25, 0.3) is 0 Å². The topological polar surface area (TPSA) is 182 Å². The summed E-state index contributed by atoms with van der Waals surface area (Å²) < 4.78 is 0. The van der Waals surface area contributed by atoms with Crippen LogP contribution in [0, 0.1) is 11.8 Å². The molecule has 1 rings (SSSR count). The molecule has 0 aromatic carbocycles. The lowest BCUT2D eigenvalue weighted by Crippen LogP contribution is -2.50. The van der Waals surface area contributed by atoms with Gasteiger partial charge in [-0.15, -0.1) is 0 Å². The maximum Gasteiger partial charge on any atom is 0.152 e. The van der Waals surface area contributed by atoms with Gasteiger partial charge in [0.05, 0.1) is 13.2 Å². The van der Waals surface area contributed by atoms with Gasteiger partial charge in [0.2, 0.25) is 0 Å². The molecule has 0 aliphatic heterocycles. The van der Waals surface area contributed by atoms with Gasteiger partial charge in [-0.3, -0.25) is 0 Å². The van der Waals surface area contributed by atoms with Crippen molar-refractivity contribution < 1.29 is 46.0 Å². The quantitative estimate of drug-likeness (QED) is 0.198. The average Bonchev–Trinajstić information content (AvgIpc) is 2.77. The Kier molecular flexibility index (Phi) is 7.46. The second-order valence-corrected chi connectivity index (χ2v) is 5.70. The highest BCUT2D eigenvalue weighted by atomic mass is 16.4. The van der Waals surface area contributed by atoms with Crippen LogP contribution in [-0.4, -0.2) is 102 Å². The van der Waals surface area contributed by atoms with Crippen molar-refractivity contribution in [3.63, 3.8) is 0 Å². The van der Waals surface area contributed by atoms with Gasteiger partial charge in [0, 0.05) is 0 Å². The lowest BCUT2D eigenvalue weighted by Gasteiger charge is -2.28. The molecule has 22 heavy (non-hydrogen) atoms. The van der Waals surface area contributed by atoms with E-state index in [1.807, 2.05) is 0 Å². The van der Waals surface area contributed by atoms with E-state index >= 15 is 0 Å². The van der Waals surface area contributed by atoms with Crippen LogP contribution >= 0.6 is 0 Å². The van der Waals surface area contributed by atoms with E-state index in [4.69, 9.17) is 5.11 Å². The molecule has 1 saturated carbocycles. The molecule has 0 aromatic heterocycles. The molecule has 1 unspecified atom stereocenters. The second-order valence-electron chi connectivity index (χ2n) is 5.70. The first-order chi connectivity index (χ1) is 10.2. The van der Waals surface area contributed by atoms with E-state index < -0.39 is 61.9 Å². The van der Waals surface area contributed by atoms with Gasteiger partial charge in [0.25, 0.3) is 0 Å². The summed E-state index contributed by atoms with van der Waals surface area (Å²) >= 11 is 0. The highest BCUT2D eigenvalue weighted by molar-refractivity contribution is 5.11. The van der Waals surface area contributed by atoms with Gasteiger partial charge in [0.15, 0.2) is 5.92 Å². The maximum absolute atomic E-state index is 9.91. The molecule has 1 aliphatic rings. The van der Waals surface area contributed by atoms with Gasteiger partial charge in [-0.1, -0.05) is 0 Å². The van der Waals surface area contributed by atoms with Gasteiger partial charge in [-0.05, 0) is 0 Å². The summed E-state index contributed by atoms with van der Waals surface area (Å²) in [5.74, 6) is -0.319. The average molecular weight is 325 g/mol. The second kappa shape index (κ2) is 8.39. The standard InChI is InChI=1S/C13H25O9/c14-3-6-5(1-7(16)10(6)19)2-8(17)11(20)13(22)12(21)9(18)4-15/h6-22H,1-4H2/q+1/t6-,7+,8+,9-,10?,11+,12+,13-/m0/s1. The number of aliphatic hydroxyl groups excluding tert-OH is 9. The normalized spacial score (nSPS) is 32.6. The molecule has 0 aromatic rings. The van der Waals surface area contributed by atoms with Crippen molar-refractivity contribution in [2.45, 2.75) is 55.6 Å². The Morgan fingerprint density at radius 3 is 1.91 bits per heavy atom. The highest BCUT2D eigenvalue weighted by Crippen LogP contribution is 2.37. The number of hydrogen-bond acceptors (Lipinski definition) is 9. The summed E-state index contributed by atoms with van der Waals surface area (Å²) in [6.45, 7) is -1.27. The molecule has 0 saturated heterocycles. The molecule has 9 nitrogen and oxygen atoms in total. The largest absolute Gasteiger partial charge is 0.394 e.